The molecule has 0 saturated carbocycles. The first kappa shape index (κ1) is 12.8. The van der Waals surface area contributed by atoms with Crippen LogP contribution in [0.4, 0.5) is 5.69 Å². The largest absolute Gasteiger partial charge is 0.380 e. The number of amides is 2. The molecule has 3 rings (SSSR count). The zero-order chi connectivity index (χ0) is 14.3. The fourth-order valence-electron chi connectivity index (χ4n) is 2.15. The first-order valence-electron chi connectivity index (χ1n) is 6.18. The van der Waals surface area contributed by atoms with Crippen molar-refractivity contribution in [2.45, 2.75) is 13.5 Å². The molecular weight excluding hydrogens is 274 g/mol. The Morgan fingerprint density at radius 3 is 2.70 bits per heavy atom. The van der Waals surface area contributed by atoms with E-state index in [1.807, 2.05) is 19.2 Å². The summed E-state index contributed by atoms with van der Waals surface area (Å²) in [7, 11) is 1.50. The number of hydrogen-bond donors (Lipinski definition) is 1. The van der Waals surface area contributed by atoms with Gasteiger partial charge in [-0.15, -0.1) is 11.3 Å². The van der Waals surface area contributed by atoms with E-state index in [1.54, 1.807) is 23.5 Å². The average molecular weight is 287 g/mol. The van der Waals surface area contributed by atoms with E-state index >= 15 is 0 Å². The molecule has 0 atom stereocenters. The van der Waals surface area contributed by atoms with Gasteiger partial charge in [-0.25, -0.2) is 4.98 Å². The molecule has 6 heteroatoms. The van der Waals surface area contributed by atoms with Gasteiger partial charge in [0.2, 0.25) is 0 Å². The standard InChI is InChI=1S/C14H13N3O2S/c1-8-15-6-10(20-8)7-16-9-3-4-11-12(5-9)14(19)17(2)13(11)18/h3-6,16H,7H2,1-2H3. The van der Waals surface area contributed by atoms with Crippen LogP contribution in [0.25, 0.3) is 0 Å². The van der Waals surface area contributed by atoms with Crippen LogP contribution in [0, 0.1) is 6.92 Å². The number of rotatable bonds is 3. The number of aryl methyl sites for hydroxylation is 1. The first-order valence-corrected chi connectivity index (χ1v) is 6.99. The molecule has 1 N–H and O–H groups in total. The lowest BCUT2D eigenvalue weighted by molar-refractivity contribution is 0.0693. The summed E-state index contributed by atoms with van der Waals surface area (Å²) in [5.41, 5.74) is 1.76. The summed E-state index contributed by atoms with van der Waals surface area (Å²) in [6.45, 7) is 2.62. The third kappa shape index (κ3) is 2.08. The van der Waals surface area contributed by atoms with Gasteiger partial charge in [-0.2, -0.15) is 0 Å². The minimum absolute atomic E-state index is 0.241. The van der Waals surface area contributed by atoms with Gasteiger partial charge in [0.25, 0.3) is 11.8 Å². The quantitative estimate of drug-likeness (QED) is 0.880. The molecule has 5 nitrogen and oxygen atoms in total. The second kappa shape index (κ2) is 4.72. The molecule has 20 heavy (non-hydrogen) atoms. The molecule has 0 aliphatic carbocycles. The minimum atomic E-state index is -0.248. The molecule has 1 aromatic carbocycles. The molecule has 2 aromatic rings. The van der Waals surface area contributed by atoms with Gasteiger partial charge in [0, 0.05) is 23.8 Å². The van der Waals surface area contributed by atoms with Crippen molar-refractivity contribution in [2.75, 3.05) is 12.4 Å². The van der Waals surface area contributed by atoms with Crippen molar-refractivity contribution in [2.24, 2.45) is 0 Å². The number of fused-ring (bicyclic) bond motifs is 1. The van der Waals surface area contributed by atoms with E-state index < -0.39 is 0 Å². The summed E-state index contributed by atoms with van der Waals surface area (Å²) in [6, 6.07) is 5.24. The highest BCUT2D eigenvalue weighted by Crippen LogP contribution is 2.25. The van der Waals surface area contributed by atoms with Gasteiger partial charge in [-0.05, 0) is 25.1 Å². The predicted molar refractivity (Wildman–Crippen MR) is 77.0 cm³/mol. The summed E-state index contributed by atoms with van der Waals surface area (Å²) < 4.78 is 0. The molecular formula is C14H13N3O2S. The molecule has 0 spiro atoms. The summed E-state index contributed by atoms with van der Waals surface area (Å²) >= 11 is 1.63. The number of nitrogens with one attached hydrogen (secondary N) is 1. The van der Waals surface area contributed by atoms with E-state index in [9.17, 15) is 9.59 Å². The maximum Gasteiger partial charge on any atom is 0.261 e. The van der Waals surface area contributed by atoms with Gasteiger partial charge in [0.15, 0.2) is 0 Å². The Balaban J connectivity index is 1.80. The third-order valence-corrected chi connectivity index (χ3v) is 4.14. The van der Waals surface area contributed by atoms with Crippen LogP contribution in [-0.4, -0.2) is 28.7 Å². The number of carbonyl (C=O) groups is 2. The number of imide groups is 1. The van der Waals surface area contributed by atoms with Crippen LogP contribution < -0.4 is 5.32 Å². The van der Waals surface area contributed by atoms with Crippen LogP contribution in [0.1, 0.15) is 30.6 Å². The van der Waals surface area contributed by atoms with E-state index in [2.05, 4.69) is 10.3 Å². The van der Waals surface area contributed by atoms with Gasteiger partial charge in [-0.1, -0.05) is 0 Å². The summed E-state index contributed by atoms with van der Waals surface area (Å²) in [5.74, 6) is -0.489. The number of thiazole rings is 1. The van der Waals surface area contributed by atoms with Crippen LogP contribution in [0.15, 0.2) is 24.4 Å². The number of aromatic nitrogens is 1. The molecule has 1 aliphatic rings. The molecule has 0 bridgehead atoms. The summed E-state index contributed by atoms with van der Waals surface area (Å²) in [4.78, 5) is 30.1. The molecule has 0 unspecified atom stereocenters. The van der Waals surface area contributed by atoms with E-state index in [1.165, 1.54) is 7.05 Å². The van der Waals surface area contributed by atoms with Crippen molar-refractivity contribution in [3.63, 3.8) is 0 Å². The molecule has 1 aromatic heterocycles. The Morgan fingerprint density at radius 2 is 2.00 bits per heavy atom. The normalized spacial score (nSPS) is 13.8. The highest BCUT2D eigenvalue weighted by atomic mass is 32.1. The van der Waals surface area contributed by atoms with Crippen LogP contribution in [0.3, 0.4) is 0 Å². The van der Waals surface area contributed by atoms with Crippen molar-refractivity contribution in [1.82, 2.24) is 9.88 Å². The van der Waals surface area contributed by atoms with E-state index in [0.717, 1.165) is 20.5 Å². The second-order valence-electron chi connectivity index (χ2n) is 4.63. The van der Waals surface area contributed by atoms with Gasteiger partial charge in [0.05, 0.1) is 22.7 Å². The van der Waals surface area contributed by atoms with Crippen molar-refractivity contribution in [1.29, 1.82) is 0 Å². The Morgan fingerprint density at radius 1 is 1.25 bits per heavy atom. The Labute approximate surface area is 120 Å². The molecule has 2 heterocycles. The number of nitrogens with zero attached hydrogens (tertiary/aromatic N) is 2. The predicted octanol–water partition coefficient (Wildman–Crippen LogP) is 2.29. The number of benzene rings is 1. The molecule has 0 fully saturated rings. The highest BCUT2D eigenvalue weighted by Gasteiger charge is 2.32. The smallest absolute Gasteiger partial charge is 0.261 e. The third-order valence-electron chi connectivity index (χ3n) is 3.23. The number of hydrogen-bond acceptors (Lipinski definition) is 5. The maximum atomic E-state index is 11.9. The summed E-state index contributed by atoms with van der Waals surface area (Å²) in [5, 5.41) is 4.27. The lowest BCUT2D eigenvalue weighted by Gasteiger charge is -2.05. The Hall–Kier alpha value is -2.21. The SMILES string of the molecule is Cc1ncc(CNc2ccc3c(c2)C(=O)N(C)C3=O)s1. The van der Waals surface area contributed by atoms with Gasteiger partial charge in [-0.3, -0.25) is 14.5 Å². The lowest BCUT2D eigenvalue weighted by atomic mass is 10.1. The monoisotopic (exact) mass is 287 g/mol. The molecule has 0 radical (unpaired) electrons. The van der Waals surface area contributed by atoms with E-state index in [-0.39, 0.29) is 11.8 Å². The molecule has 2 amide bonds. The van der Waals surface area contributed by atoms with Gasteiger partial charge < -0.3 is 5.32 Å². The minimum Gasteiger partial charge on any atom is -0.380 e. The average Bonchev–Trinajstić information content (AvgIpc) is 2.95. The maximum absolute atomic E-state index is 11.9. The molecule has 102 valence electrons. The van der Waals surface area contributed by atoms with E-state index in [0.29, 0.717) is 17.7 Å². The van der Waals surface area contributed by atoms with Crippen molar-refractivity contribution >= 4 is 28.8 Å². The fourth-order valence-corrected chi connectivity index (χ4v) is 2.88. The Kier molecular flexibility index (Phi) is 3.02. The Bertz CT molecular complexity index is 708. The molecule has 1 aliphatic heterocycles. The molecule has 0 saturated heterocycles. The number of carbonyl (C=O) groups excluding carboxylic acids is 2. The van der Waals surface area contributed by atoms with Gasteiger partial charge in [0.1, 0.15) is 0 Å². The van der Waals surface area contributed by atoms with Gasteiger partial charge >= 0.3 is 0 Å². The van der Waals surface area contributed by atoms with Crippen molar-refractivity contribution in [3.8, 4) is 0 Å². The zero-order valence-electron chi connectivity index (χ0n) is 11.1. The zero-order valence-corrected chi connectivity index (χ0v) is 12.0. The topological polar surface area (TPSA) is 62.3 Å². The fraction of sp³-hybridized carbons (Fsp3) is 0.214. The van der Waals surface area contributed by atoms with Crippen LogP contribution in [0.5, 0.6) is 0 Å². The van der Waals surface area contributed by atoms with Crippen LogP contribution in [0.2, 0.25) is 0 Å². The first-order chi connectivity index (χ1) is 9.56. The number of anilines is 1. The lowest BCUT2D eigenvalue weighted by Crippen LogP contribution is -2.24. The highest BCUT2D eigenvalue weighted by molar-refractivity contribution is 7.11. The van der Waals surface area contributed by atoms with E-state index in [4.69, 9.17) is 0 Å². The second-order valence-corrected chi connectivity index (χ2v) is 5.95. The van der Waals surface area contributed by atoms with Crippen LogP contribution in [-0.2, 0) is 6.54 Å². The van der Waals surface area contributed by atoms with Crippen LogP contribution >= 0.6 is 11.3 Å². The van der Waals surface area contributed by atoms with Crippen molar-refractivity contribution in [3.05, 3.63) is 45.4 Å². The summed E-state index contributed by atoms with van der Waals surface area (Å²) in [6.07, 6.45) is 1.84. The van der Waals surface area contributed by atoms with Crippen molar-refractivity contribution < 1.29 is 9.59 Å².